The summed E-state index contributed by atoms with van der Waals surface area (Å²) in [4.78, 5) is 42.6. The summed E-state index contributed by atoms with van der Waals surface area (Å²) in [6.07, 6.45) is 12.5. The van der Waals surface area contributed by atoms with Crippen LogP contribution in [0.3, 0.4) is 0 Å². The number of aromatic nitrogens is 3. The number of pyridine rings is 1. The van der Waals surface area contributed by atoms with Gasteiger partial charge in [0.1, 0.15) is 5.52 Å². The van der Waals surface area contributed by atoms with Crippen molar-refractivity contribution in [3.8, 4) is 11.3 Å². The van der Waals surface area contributed by atoms with Crippen molar-refractivity contribution in [1.29, 1.82) is 0 Å². The van der Waals surface area contributed by atoms with Crippen LogP contribution in [0, 0.1) is 0 Å². The molecule has 0 radical (unpaired) electrons. The van der Waals surface area contributed by atoms with Crippen LogP contribution in [0.4, 0.5) is 11.5 Å². The minimum Gasteiger partial charge on any atom is -0.366 e. The van der Waals surface area contributed by atoms with Gasteiger partial charge in [-0.3, -0.25) is 9.59 Å². The van der Waals surface area contributed by atoms with E-state index in [0.717, 1.165) is 58.6 Å². The molecule has 2 saturated carbocycles. The second kappa shape index (κ2) is 10.3. The fourth-order valence-corrected chi connectivity index (χ4v) is 8.08. The zero-order chi connectivity index (χ0) is 29.3. The normalized spacial score (nSPS) is 25.4. The van der Waals surface area contributed by atoms with E-state index in [-0.39, 0.29) is 18.0 Å². The summed E-state index contributed by atoms with van der Waals surface area (Å²) in [7, 11) is 0. The van der Waals surface area contributed by atoms with Crippen LogP contribution >= 0.6 is 0 Å². The SMILES string of the molecule is CC(C)n1cnc2cc(-c3ccc4c(c3)N(C3CC(N5CCCCC5)C3)C(=O)C43CCN(C=O)CC3)nc(NC3CC3)c21. The number of nitrogens with one attached hydrogen (secondary N) is 1. The van der Waals surface area contributed by atoms with Gasteiger partial charge in [0.15, 0.2) is 5.82 Å². The lowest BCUT2D eigenvalue weighted by Crippen LogP contribution is -2.58. The molecule has 43 heavy (non-hydrogen) atoms. The van der Waals surface area contributed by atoms with E-state index in [4.69, 9.17) is 9.97 Å². The predicted molar refractivity (Wildman–Crippen MR) is 168 cm³/mol. The smallest absolute Gasteiger partial charge is 0.238 e. The Bertz CT molecular complexity index is 1560. The molecule has 0 unspecified atom stereocenters. The zero-order valence-electron chi connectivity index (χ0n) is 25.5. The van der Waals surface area contributed by atoms with E-state index in [1.807, 2.05) is 11.2 Å². The zero-order valence-corrected chi connectivity index (χ0v) is 25.5. The molecule has 5 heterocycles. The van der Waals surface area contributed by atoms with Crippen LogP contribution < -0.4 is 10.2 Å². The molecule has 5 aliphatic rings. The molecule has 9 nitrogen and oxygen atoms in total. The average Bonchev–Trinajstić information content (AvgIpc) is 3.67. The molecule has 2 amide bonds. The first-order valence-electron chi connectivity index (χ1n) is 16.5. The topological polar surface area (TPSA) is 86.6 Å². The first kappa shape index (κ1) is 27.1. The number of nitrogens with zero attached hydrogens (tertiary/aromatic N) is 6. The minimum absolute atomic E-state index is 0.223. The Morgan fingerprint density at radius 3 is 2.47 bits per heavy atom. The highest BCUT2D eigenvalue weighted by Crippen LogP contribution is 2.52. The van der Waals surface area contributed by atoms with Crippen LogP contribution in [-0.2, 0) is 15.0 Å². The van der Waals surface area contributed by atoms with Crippen molar-refractivity contribution in [1.82, 2.24) is 24.3 Å². The molecule has 3 aromatic rings. The van der Waals surface area contributed by atoms with Gasteiger partial charge in [0.2, 0.25) is 12.3 Å². The van der Waals surface area contributed by atoms with E-state index in [2.05, 4.69) is 57.8 Å². The second-order valence-electron chi connectivity index (χ2n) is 13.9. The van der Waals surface area contributed by atoms with Crippen molar-refractivity contribution in [3.05, 3.63) is 36.2 Å². The number of piperidine rings is 2. The Morgan fingerprint density at radius 2 is 1.77 bits per heavy atom. The van der Waals surface area contributed by atoms with E-state index in [1.54, 1.807) is 0 Å². The third kappa shape index (κ3) is 4.45. The standard InChI is InChI=1S/C34H43N7O2/c1-22(2)40-20-35-29-19-28(37-32(31(29)40)36-24-7-8-24)23-6-9-27-30(16-23)41(26-17-25(18-26)39-12-4-3-5-13-39)33(43)34(27)10-14-38(21-42)15-11-34/h6,9,16,19-22,24-26H,3-5,7-8,10-15,17-18H2,1-2H3,(H,36,37). The molecule has 8 rings (SSSR count). The van der Waals surface area contributed by atoms with E-state index in [0.29, 0.717) is 38.0 Å². The predicted octanol–water partition coefficient (Wildman–Crippen LogP) is 5.11. The molecule has 3 aliphatic heterocycles. The number of hydrogen-bond acceptors (Lipinski definition) is 6. The summed E-state index contributed by atoms with van der Waals surface area (Å²) in [6, 6.07) is 10.2. The highest BCUT2D eigenvalue weighted by atomic mass is 16.2. The van der Waals surface area contributed by atoms with Gasteiger partial charge in [0, 0.05) is 48.5 Å². The average molecular weight is 582 g/mol. The van der Waals surface area contributed by atoms with Crippen molar-refractivity contribution >= 4 is 34.9 Å². The summed E-state index contributed by atoms with van der Waals surface area (Å²) in [5, 5.41) is 3.67. The number of hydrogen-bond donors (Lipinski definition) is 1. The van der Waals surface area contributed by atoms with Gasteiger partial charge in [0.25, 0.3) is 0 Å². The Balaban J connectivity index is 1.17. The molecule has 0 bridgehead atoms. The lowest BCUT2D eigenvalue weighted by atomic mass is 9.73. The number of rotatable bonds is 7. The van der Waals surface area contributed by atoms with E-state index >= 15 is 0 Å². The fourth-order valence-electron chi connectivity index (χ4n) is 8.08. The highest BCUT2D eigenvalue weighted by molar-refractivity contribution is 6.09. The van der Waals surface area contributed by atoms with Gasteiger partial charge in [-0.25, -0.2) is 9.97 Å². The molecule has 1 aromatic carbocycles. The number of carbonyl (C=O) groups excluding carboxylic acids is 2. The molecule has 2 saturated heterocycles. The summed E-state index contributed by atoms with van der Waals surface area (Å²) in [6.45, 7) is 7.98. The molecular weight excluding hydrogens is 538 g/mol. The van der Waals surface area contributed by atoms with Crippen LogP contribution in [0.1, 0.15) is 83.2 Å². The van der Waals surface area contributed by atoms with Crippen molar-refractivity contribution in [2.45, 2.75) is 101 Å². The molecule has 4 fully saturated rings. The first-order chi connectivity index (χ1) is 20.9. The quantitative estimate of drug-likeness (QED) is 0.391. The van der Waals surface area contributed by atoms with Crippen LogP contribution in [0.25, 0.3) is 22.3 Å². The van der Waals surface area contributed by atoms with Crippen LogP contribution in [0.15, 0.2) is 30.6 Å². The van der Waals surface area contributed by atoms with E-state index < -0.39 is 5.41 Å². The number of benzene rings is 1. The van der Waals surface area contributed by atoms with Gasteiger partial charge < -0.3 is 24.6 Å². The first-order valence-corrected chi connectivity index (χ1v) is 16.5. The molecule has 9 heteroatoms. The van der Waals surface area contributed by atoms with Crippen molar-refractivity contribution < 1.29 is 9.59 Å². The third-order valence-electron chi connectivity index (χ3n) is 10.9. The molecular formula is C34H43N7O2. The van der Waals surface area contributed by atoms with Crippen molar-refractivity contribution in [2.75, 3.05) is 36.4 Å². The largest absolute Gasteiger partial charge is 0.366 e. The molecule has 2 aliphatic carbocycles. The Kier molecular flexibility index (Phi) is 6.51. The summed E-state index contributed by atoms with van der Waals surface area (Å²) in [5.41, 5.74) is 5.54. The molecule has 2 aromatic heterocycles. The lowest BCUT2D eigenvalue weighted by Gasteiger charge is -2.48. The molecule has 1 N–H and O–H groups in total. The van der Waals surface area contributed by atoms with E-state index in [1.165, 1.54) is 45.2 Å². The number of carbonyl (C=O) groups is 2. The maximum atomic E-state index is 14.5. The van der Waals surface area contributed by atoms with Crippen molar-refractivity contribution in [3.63, 3.8) is 0 Å². The van der Waals surface area contributed by atoms with Gasteiger partial charge in [-0.1, -0.05) is 18.6 Å². The van der Waals surface area contributed by atoms with Crippen LogP contribution in [0.2, 0.25) is 0 Å². The summed E-state index contributed by atoms with van der Waals surface area (Å²) < 4.78 is 2.20. The highest BCUT2D eigenvalue weighted by Gasteiger charge is 2.55. The van der Waals surface area contributed by atoms with Gasteiger partial charge in [-0.05, 0) is 96.0 Å². The summed E-state index contributed by atoms with van der Waals surface area (Å²) >= 11 is 0. The molecule has 1 spiro atoms. The Labute approximate surface area is 253 Å². The number of amides is 2. The summed E-state index contributed by atoms with van der Waals surface area (Å²) in [5.74, 6) is 1.14. The van der Waals surface area contributed by atoms with Gasteiger partial charge >= 0.3 is 0 Å². The van der Waals surface area contributed by atoms with E-state index in [9.17, 15) is 9.59 Å². The Morgan fingerprint density at radius 1 is 1.00 bits per heavy atom. The van der Waals surface area contributed by atoms with Gasteiger partial charge in [-0.15, -0.1) is 0 Å². The van der Waals surface area contributed by atoms with Crippen molar-refractivity contribution in [2.24, 2.45) is 0 Å². The number of fused-ring (bicyclic) bond motifs is 3. The third-order valence-corrected chi connectivity index (χ3v) is 10.9. The number of imidazole rings is 1. The maximum absolute atomic E-state index is 14.5. The van der Waals surface area contributed by atoms with Gasteiger partial charge in [-0.2, -0.15) is 0 Å². The number of likely N-dealkylation sites (tertiary alicyclic amines) is 2. The van der Waals surface area contributed by atoms with Crippen LogP contribution in [0.5, 0.6) is 0 Å². The number of anilines is 2. The molecule has 0 atom stereocenters. The maximum Gasteiger partial charge on any atom is 0.238 e. The fraction of sp³-hybridized carbons (Fsp3) is 0.588. The molecule has 226 valence electrons. The lowest BCUT2D eigenvalue weighted by molar-refractivity contribution is -0.128. The monoisotopic (exact) mass is 581 g/mol. The van der Waals surface area contributed by atoms with Gasteiger partial charge in [0.05, 0.1) is 23.0 Å². The Hall–Kier alpha value is -3.46. The van der Waals surface area contributed by atoms with Crippen LogP contribution in [-0.4, -0.2) is 81.0 Å². The second-order valence-corrected chi connectivity index (χ2v) is 13.9. The minimum atomic E-state index is -0.546.